The Labute approximate surface area is 233 Å². The lowest BCUT2D eigenvalue weighted by Crippen LogP contribution is -2.54. The fourth-order valence-corrected chi connectivity index (χ4v) is 4.26. The molecule has 0 saturated carbocycles. The van der Waals surface area contributed by atoms with Crippen molar-refractivity contribution in [2.75, 3.05) is 18.6 Å². The van der Waals surface area contributed by atoms with Gasteiger partial charge in [0.1, 0.15) is 17.9 Å². The molecule has 11 heteroatoms. The summed E-state index contributed by atoms with van der Waals surface area (Å²) in [6.45, 7) is 2.44. The summed E-state index contributed by atoms with van der Waals surface area (Å²) in [4.78, 5) is 39.2. The highest BCUT2D eigenvalue weighted by Gasteiger charge is 2.37. The van der Waals surface area contributed by atoms with Crippen LogP contribution in [-0.4, -0.2) is 31.6 Å². The van der Waals surface area contributed by atoms with Crippen LogP contribution in [0.15, 0.2) is 60.2 Å². The quantitative estimate of drug-likeness (QED) is 0.250. The number of barbiturate groups is 1. The van der Waals surface area contributed by atoms with E-state index >= 15 is 0 Å². The average Bonchev–Trinajstić information content (AvgIpc) is 2.88. The Morgan fingerprint density at radius 2 is 1.63 bits per heavy atom. The lowest BCUT2D eigenvalue weighted by Gasteiger charge is -2.26. The minimum absolute atomic E-state index is 0.132. The Kier molecular flexibility index (Phi) is 8.46. The first-order chi connectivity index (χ1) is 18.2. The summed E-state index contributed by atoms with van der Waals surface area (Å²) in [5.74, 6) is -0.521. The van der Waals surface area contributed by atoms with Gasteiger partial charge in [-0.1, -0.05) is 40.9 Å². The van der Waals surface area contributed by atoms with Gasteiger partial charge in [-0.05, 0) is 72.7 Å². The predicted octanol–water partition coefficient (Wildman–Crippen LogP) is 6.30. The van der Waals surface area contributed by atoms with E-state index in [-0.39, 0.29) is 34.4 Å². The number of rotatable bonds is 8. The Morgan fingerprint density at radius 3 is 2.29 bits per heavy atom. The van der Waals surface area contributed by atoms with Crippen LogP contribution in [0.25, 0.3) is 6.08 Å². The average molecular weight is 576 g/mol. The highest BCUT2D eigenvalue weighted by Crippen LogP contribution is 2.38. The van der Waals surface area contributed by atoms with Gasteiger partial charge in [-0.3, -0.25) is 14.9 Å². The summed E-state index contributed by atoms with van der Waals surface area (Å²) in [5, 5.41) is 3.18. The van der Waals surface area contributed by atoms with E-state index in [1.54, 1.807) is 48.5 Å². The van der Waals surface area contributed by atoms with Gasteiger partial charge in [0.05, 0.1) is 34.5 Å². The minimum Gasteiger partial charge on any atom is -0.494 e. The van der Waals surface area contributed by atoms with Crippen molar-refractivity contribution in [1.29, 1.82) is 0 Å². The molecular weight excluding hydrogens is 555 g/mol. The van der Waals surface area contributed by atoms with Crippen LogP contribution in [0, 0.1) is 0 Å². The number of imide groups is 2. The van der Waals surface area contributed by atoms with Crippen molar-refractivity contribution >= 4 is 64.4 Å². The van der Waals surface area contributed by atoms with Crippen LogP contribution in [0.2, 0.25) is 15.1 Å². The molecule has 38 heavy (non-hydrogen) atoms. The van der Waals surface area contributed by atoms with Crippen LogP contribution in [0.4, 0.5) is 10.5 Å². The molecule has 1 aliphatic heterocycles. The molecule has 0 spiro atoms. The molecule has 0 bridgehead atoms. The van der Waals surface area contributed by atoms with Gasteiger partial charge in [-0.25, -0.2) is 9.69 Å². The van der Waals surface area contributed by atoms with E-state index in [0.717, 1.165) is 10.5 Å². The second kappa shape index (κ2) is 11.8. The molecule has 1 saturated heterocycles. The van der Waals surface area contributed by atoms with Crippen LogP contribution in [-0.2, 0) is 16.2 Å². The number of benzene rings is 3. The van der Waals surface area contributed by atoms with E-state index in [1.807, 2.05) is 6.92 Å². The number of anilines is 1. The van der Waals surface area contributed by atoms with Crippen LogP contribution in [0.1, 0.15) is 18.1 Å². The number of halogens is 3. The van der Waals surface area contributed by atoms with Gasteiger partial charge in [0.15, 0.2) is 11.5 Å². The first kappa shape index (κ1) is 27.3. The third-order valence-corrected chi connectivity index (χ3v) is 6.46. The molecule has 0 unspecified atom stereocenters. The molecule has 3 aromatic rings. The van der Waals surface area contributed by atoms with Gasteiger partial charge in [-0.15, -0.1) is 0 Å². The molecular formula is C27H21Cl3N2O6. The van der Waals surface area contributed by atoms with Gasteiger partial charge in [0.25, 0.3) is 11.8 Å². The van der Waals surface area contributed by atoms with Crippen molar-refractivity contribution in [3.8, 4) is 17.2 Å². The maximum absolute atomic E-state index is 13.2. The highest BCUT2D eigenvalue weighted by atomic mass is 35.5. The molecule has 1 N–H and O–H groups in total. The Morgan fingerprint density at radius 1 is 0.895 bits per heavy atom. The van der Waals surface area contributed by atoms with Crippen molar-refractivity contribution in [2.24, 2.45) is 0 Å². The maximum Gasteiger partial charge on any atom is 0.335 e. The topological polar surface area (TPSA) is 94.2 Å². The smallest absolute Gasteiger partial charge is 0.335 e. The number of urea groups is 1. The molecule has 8 nitrogen and oxygen atoms in total. The number of carbonyl (C=O) groups excluding carboxylic acids is 3. The summed E-state index contributed by atoms with van der Waals surface area (Å²) in [6, 6.07) is 13.7. The summed E-state index contributed by atoms with van der Waals surface area (Å²) < 4.78 is 16.7. The van der Waals surface area contributed by atoms with Crippen molar-refractivity contribution in [3.63, 3.8) is 0 Å². The normalized spacial score (nSPS) is 14.5. The summed E-state index contributed by atoms with van der Waals surface area (Å²) in [6.07, 6.45) is 1.32. The largest absolute Gasteiger partial charge is 0.494 e. The van der Waals surface area contributed by atoms with Crippen LogP contribution in [0.3, 0.4) is 0 Å². The zero-order valence-electron chi connectivity index (χ0n) is 20.2. The molecule has 0 aromatic heterocycles. The molecule has 3 aromatic carbocycles. The lowest BCUT2D eigenvalue weighted by molar-refractivity contribution is -0.122. The first-order valence-corrected chi connectivity index (χ1v) is 12.4. The molecule has 196 valence electrons. The van der Waals surface area contributed by atoms with E-state index in [9.17, 15) is 14.4 Å². The monoisotopic (exact) mass is 574 g/mol. The third-order valence-electron chi connectivity index (χ3n) is 5.44. The number of methoxy groups -OCH3 is 1. The van der Waals surface area contributed by atoms with E-state index in [1.165, 1.54) is 19.3 Å². The molecule has 1 heterocycles. The number of nitrogens with zero attached hydrogens (tertiary/aromatic N) is 1. The van der Waals surface area contributed by atoms with E-state index in [2.05, 4.69) is 5.32 Å². The van der Waals surface area contributed by atoms with Gasteiger partial charge >= 0.3 is 6.03 Å². The van der Waals surface area contributed by atoms with Crippen LogP contribution < -0.4 is 24.4 Å². The second-order valence-electron chi connectivity index (χ2n) is 7.96. The molecule has 0 atom stereocenters. The van der Waals surface area contributed by atoms with Gasteiger partial charge in [0.2, 0.25) is 0 Å². The summed E-state index contributed by atoms with van der Waals surface area (Å²) >= 11 is 18.5. The highest BCUT2D eigenvalue weighted by molar-refractivity contribution is 6.42. The molecule has 1 aliphatic rings. The van der Waals surface area contributed by atoms with Crippen LogP contribution >= 0.6 is 34.8 Å². The summed E-state index contributed by atoms with van der Waals surface area (Å²) in [5.41, 5.74) is 1.15. The number of nitrogens with one attached hydrogen (secondary N) is 1. The number of hydrogen-bond acceptors (Lipinski definition) is 6. The minimum atomic E-state index is -0.858. The van der Waals surface area contributed by atoms with Crippen molar-refractivity contribution in [3.05, 3.63) is 86.4 Å². The van der Waals surface area contributed by atoms with Crippen molar-refractivity contribution < 1.29 is 28.6 Å². The number of hydrogen-bond donors (Lipinski definition) is 1. The zero-order valence-corrected chi connectivity index (χ0v) is 22.5. The number of ether oxygens (including phenoxy) is 3. The maximum atomic E-state index is 13.2. The molecule has 0 aliphatic carbocycles. The standard InChI is InChI=1S/C27H21Cl3N2O6/c1-3-37-18-7-5-17(6-8-18)32-26(34)19(25(33)31-27(32)35)10-16-12-22(30)24(23(13-16)36-2)38-14-15-4-9-20(28)21(29)11-15/h4-13H,3,14H2,1-2H3,(H,31,33,35)/b19-10+. The zero-order chi connectivity index (χ0) is 27.4. The van der Waals surface area contributed by atoms with Crippen molar-refractivity contribution in [2.45, 2.75) is 13.5 Å². The molecule has 4 amide bonds. The fourth-order valence-electron chi connectivity index (χ4n) is 3.66. The van der Waals surface area contributed by atoms with E-state index in [4.69, 9.17) is 49.0 Å². The van der Waals surface area contributed by atoms with Gasteiger partial charge < -0.3 is 14.2 Å². The Hall–Kier alpha value is -3.72. The van der Waals surface area contributed by atoms with E-state index in [0.29, 0.717) is 28.0 Å². The first-order valence-electron chi connectivity index (χ1n) is 11.3. The third kappa shape index (κ3) is 5.88. The molecule has 4 rings (SSSR count). The lowest BCUT2D eigenvalue weighted by atomic mass is 10.1. The number of carbonyl (C=O) groups is 3. The Balaban J connectivity index is 1.61. The van der Waals surface area contributed by atoms with Crippen LogP contribution in [0.5, 0.6) is 17.2 Å². The Bertz CT molecular complexity index is 1440. The molecule has 0 radical (unpaired) electrons. The SMILES string of the molecule is CCOc1ccc(N2C(=O)NC(=O)/C(=C\c3cc(Cl)c(OCc4ccc(Cl)c(Cl)c4)c(OC)c3)C2=O)cc1. The predicted molar refractivity (Wildman–Crippen MR) is 145 cm³/mol. The van der Waals surface area contributed by atoms with Crippen molar-refractivity contribution in [1.82, 2.24) is 5.32 Å². The van der Waals surface area contributed by atoms with Gasteiger partial charge in [0, 0.05) is 0 Å². The number of amides is 4. The second-order valence-corrected chi connectivity index (χ2v) is 9.18. The summed E-state index contributed by atoms with van der Waals surface area (Å²) in [7, 11) is 1.43. The molecule has 1 fully saturated rings. The van der Waals surface area contributed by atoms with Gasteiger partial charge in [-0.2, -0.15) is 0 Å². The fraction of sp³-hybridized carbons (Fsp3) is 0.148. The van der Waals surface area contributed by atoms with E-state index < -0.39 is 17.8 Å².